The number of hydrogen-bond acceptors (Lipinski definition) is 4. The lowest BCUT2D eigenvalue weighted by molar-refractivity contribution is 0.693. The number of aromatic nitrogens is 3. The van der Waals surface area contributed by atoms with E-state index in [2.05, 4.69) is 15.3 Å². The highest BCUT2D eigenvalue weighted by Gasteiger charge is 2.06. The van der Waals surface area contributed by atoms with Crippen molar-refractivity contribution < 1.29 is 0 Å². The second-order valence-electron chi connectivity index (χ2n) is 4.13. The van der Waals surface area contributed by atoms with Gasteiger partial charge in [-0.3, -0.25) is 9.36 Å². The molecule has 0 aromatic carbocycles. The van der Waals surface area contributed by atoms with Crippen LogP contribution in [0.25, 0.3) is 0 Å². The van der Waals surface area contributed by atoms with Gasteiger partial charge in [0.05, 0.1) is 10.1 Å². The molecular weight excluding hydrogens is 355 g/mol. The Labute approximate surface area is 125 Å². The smallest absolute Gasteiger partial charge is 0.267 e. The molecule has 0 atom stereocenters. The van der Waals surface area contributed by atoms with E-state index in [4.69, 9.17) is 0 Å². The van der Waals surface area contributed by atoms with Gasteiger partial charge < -0.3 is 5.32 Å². The predicted molar refractivity (Wildman–Crippen MR) is 83.5 cm³/mol. The second kappa shape index (κ2) is 6.14. The molecule has 2 heterocycles. The summed E-state index contributed by atoms with van der Waals surface area (Å²) in [6.07, 6.45) is 3.38. The number of halogens is 1. The standard InChI is InChI=1S/C13H15IN4O/c1-3-15-12-5-4-10(6-17-12)8-18-9(2)16-7-11(14)13(18)19/h4-7H,3,8H2,1-2H3,(H,15,17). The van der Waals surface area contributed by atoms with Crippen LogP contribution in [-0.4, -0.2) is 21.1 Å². The topological polar surface area (TPSA) is 59.8 Å². The number of anilines is 1. The molecule has 0 amide bonds. The van der Waals surface area contributed by atoms with Crippen LogP contribution in [0.3, 0.4) is 0 Å². The molecular formula is C13H15IN4O. The zero-order chi connectivity index (χ0) is 13.8. The van der Waals surface area contributed by atoms with Crippen LogP contribution in [0.2, 0.25) is 0 Å². The summed E-state index contributed by atoms with van der Waals surface area (Å²) >= 11 is 2.00. The summed E-state index contributed by atoms with van der Waals surface area (Å²) in [6, 6.07) is 3.89. The van der Waals surface area contributed by atoms with E-state index in [1.807, 2.05) is 48.6 Å². The van der Waals surface area contributed by atoms with Crippen molar-refractivity contribution in [3.63, 3.8) is 0 Å². The maximum absolute atomic E-state index is 12.0. The van der Waals surface area contributed by atoms with Crippen LogP contribution in [0.1, 0.15) is 18.3 Å². The van der Waals surface area contributed by atoms with Gasteiger partial charge in [0.25, 0.3) is 5.56 Å². The van der Waals surface area contributed by atoms with Gasteiger partial charge in [0.1, 0.15) is 11.6 Å². The third-order valence-corrected chi connectivity index (χ3v) is 3.47. The molecule has 19 heavy (non-hydrogen) atoms. The molecule has 1 N–H and O–H groups in total. The summed E-state index contributed by atoms with van der Waals surface area (Å²) in [5.74, 6) is 1.55. The Morgan fingerprint density at radius 3 is 2.74 bits per heavy atom. The molecule has 2 aromatic rings. The van der Waals surface area contributed by atoms with Crippen LogP contribution >= 0.6 is 22.6 Å². The first-order chi connectivity index (χ1) is 9.11. The second-order valence-corrected chi connectivity index (χ2v) is 5.29. The van der Waals surface area contributed by atoms with Crippen LogP contribution in [0.4, 0.5) is 5.82 Å². The molecule has 0 spiro atoms. The van der Waals surface area contributed by atoms with Gasteiger partial charge in [-0.05, 0) is 48.1 Å². The van der Waals surface area contributed by atoms with Crippen LogP contribution in [0.5, 0.6) is 0 Å². The fourth-order valence-electron chi connectivity index (χ4n) is 1.72. The first-order valence-electron chi connectivity index (χ1n) is 6.02. The van der Waals surface area contributed by atoms with Crippen molar-refractivity contribution in [2.45, 2.75) is 20.4 Å². The van der Waals surface area contributed by atoms with Gasteiger partial charge >= 0.3 is 0 Å². The van der Waals surface area contributed by atoms with Gasteiger partial charge in [-0.15, -0.1) is 0 Å². The number of rotatable bonds is 4. The first kappa shape index (κ1) is 14.0. The van der Waals surface area contributed by atoms with Crippen molar-refractivity contribution in [1.29, 1.82) is 0 Å². The van der Waals surface area contributed by atoms with Gasteiger partial charge in [0, 0.05) is 18.9 Å². The molecule has 0 radical (unpaired) electrons. The van der Waals surface area contributed by atoms with E-state index < -0.39 is 0 Å². The van der Waals surface area contributed by atoms with E-state index in [0.717, 1.165) is 17.9 Å². The van der Waals surface area contributed by atoms with Crippen LogP contribution in [0, 0.1) is 10.5 Å². The van der Waals surface area contributed by atoms with Crippen molar-refractivity contribution in [2.75, 3.05) is 11.9 Å². The third kappa shape index (κ3) is 3.31. The lowest BCUT2D eigenvalue weighted by Gasteiger charge is -2.10. The van der Waals surface area contributed by atoms with Crippen LogP contribution < -0.4 is 10.9 Å². The summed E-state index contributed by atoms with van der Waals surface area (Å²) in [7, 11) is 0. The van der Waals surface area contributed by atoms with Crippen molar-refractivity contribution in [3.05, 3.63) is 49.8 Å². The first-order valence-corrected chi connectivity index (χ1v) is 7.10. The molecule has 0 saturated heterocycles. The lowest BCUT2D eigenvalue weighted by atomic mass is 10.2. The molecule has 2 rings (SSSR count). The molecule has 6 heteroatoms. The molecule has 0 aliphatic heterocycles. The number of aryl methyl sites for hydroxylation is 1. The van der Waals surface area contributed by atoms with E-state index in [-0.39, 0.29) is 5.56 Å². The molecule has 0 fully saturated rings. The maximum atomic E-state index is 12.0. The Kier molecular flexibility index (Phi) is 4.52. The van der Waals surface area contributed by atoms with Crippen molar-refractivity contribution >= 4 is 28.4 Å². The monoisotopic (exact) mass is 370 g/mol. The highest BCUT2D eigenvalue weighted by Crippen LogP contribution is 2.07. The Morgan fingerprint density at radius 2 is 2.11 bits per heavy atom. The quantitative estimate of drug-likeness (QED) is 0.837. The molecule has 0 bridgehead atoms. The summed E-state index contributed by atoms with van der Waals surface area (Å²) < 4.78 is 2.28. The highest BCUT2D eigenvalue weighted by molar-refractivity contribution is 14.1. The van der Waals surface area contributed by atoms with E-state index in [1.165, 1.54) is 0 Å². The molecule has 0 unspecified atom stereocenters. The Morgan fingerprint density at radius 1 is 1.32 bits per heavy atom. The minimum atomic E-state index is -0.0103. The lowest BCUT2D eigenvalue weighted by Crippen LogP contribution is -2.26. The fourth-order valence-corrected chi connectivity index (χ4v) is 2.15. The number of pyridine rings is 1. The maximum Gasteiger partial charge on any atom is 0.267 e. The van der Waals surface area contributed by atoms with Crippen molar-refractivity contribution in [1.82, 2.24) is 14.5 Å². The Bertz CT molecular complexity index is 622. The average Bonchev–Trinajstić information content (AvgIpc) is 2.41. The van der Waals surface area contributed by atoms with Crippen molar-refractivity contribution in [3.8, 4) is 0 Å². The van der Waals surface area contributed by atoms with E-state index in [1.54, 1.807) is 17.0 Å². The normalized spacial score (nSPS) is 10.5. The van der Waals surface area contributed by atoms with E-state index >= 15 is 0 Å². The highest BCUT2D eigenvalue weighted by atomic mass is 127. The molecule has 2 aromatic heterocycles. The van der Waals surface area contributed by atoms with E-state index in [0.29, 0.717) is 15.9 Å². The third-order valence-electron chi connectivity index (χ3n) is 2.73. The SMILES string of the molecule is CCNc1ccc(Cn2c(C)ncc(I)c2=O)cn1. The van der Waals surface area contributed by atoms with Gasteiger partial charge in [-0.1, -0.05) is 6.07 Å². The zero-order valence-corrected chi connectivity index (χ0v) is 13.0. The molecule has 0 saturated carbocycles. The number of nitrogens with one attached hydrogen (secondary N) is 1. The minimum absolute atomic E-state index is 0.0103. The van der Waals surface area contributed by atoms with Crippen LogP contribution in [0.15, 0.2) is 29.3 Å². The zero-order valence-electron chi connectivity index (χ0n) is 10.9. The van der Waals surface area contributed by atoms with Gasteiger partial charge in [0.15, 0.2) is 0 Å². The fraction of sp³-hybridized carbons (Fsp3) is 0.308. The largest absolute Gasteiger partial charge is 0.370 e. The Hall–Kier alpha value is -1.44. The molecule has 0 aliphatic rings. The predicted octanol–water partition coefficient (Wildman–Crippen LogP) is 2.03. The van der Waals surface area contributed by atoms with Crippen molar-refractivity contribution in [2.24, 2.45) is 0 Å². The molecule has 5 nitrogen and oxygen atoms in total. The van der Waals surface area contributed by atoms with E-state index in [9.17, 15) is 4.79 Å². The molecule has 0 aliphatic carbocycles. The van der Waals surface area contributed by atoms with Gasteiger partial charge in [0.2, 0.25) is 0 Å². The van der Waals surface area contributed by atoms with Gasteiger partial charge in [-0.2, -0.15) is 0 Å². The summed E-state index contributed by atoms with van der Waals surface area (Å²) in [5, 5.41) is 3.14. The molecule has 100 valence electrons. The van der Waals surface area contributed by atoms with Gasteiger partial charge in [-0.25, -0.2) is 9.97 Å². The number of hydrogen-bond donors (Lipinski definition) is 1. The Balaban J connectivity index is 2.26. The average molecular weight is 370 g/mol. The number of nitrogens with zero attached hydrogens (tertiary/aromatic N) is 3. The van der Waals surface area contributed by atoms with Crippen LogP contribution in [-0.2, 0) is 6.54 Å². The summed E-state index contributed by atoms with van der Waals surface area (Å²) in [4.78, 5) is 20.5. The minimum Gasteiger partial charge on any atom is -0.370 e. The summed E-state index contributed by atoms with van der Waals surface area (Å²) in [6.45, 7) is 5.19. The summed E-state index contributed by atoms with van der Waals surface area (Å²) in [5.41, 5.74) is 0.972.